The molecule has 1 aliphatic rings. The summed E-state index contributed by atoms with van der Waals surface area (Å²) in [5, 5.41) is 0. The summed E-state index contributed by atoms with van der Waals surface area (Å²) in [5.41, 5.74) is 3.36. The molecule has 5 nitrogen and oxygen atoms in total. The molecule has 0 aliphatic carbocycles. The Bertz CT molecular complexity index is 774. The van der Waals surface area contributed by atoms with Crippen LogP contribution < -0.4 is 14.4 Å². The Morgan fingerprint density at radius 2 is 1.89 bits per heavy atom. The zero-order valence-electron chi connectivity index (χ0n) is 16.4. The number of amides is 1. The number of fused-ring (bicyclic) bond motifs is 1. The van der Waals surface area contributed by atoms with Crippen LogP contribution >= 0.6 is 0 Å². The summed E-state index contributed by atoms with van der Waals surface area (Å²) < 4.78 is 10.8. The number of benzene rings is 2. The van der Waals surface area contributed by atoms with Gasteiger partial charge in [0, 0.05) is 18.8 Å². The number of hydrogen-bond acceptors (Lipinski definition) is 4. The van der Waals surface area contributed by atoms with Gasteiger partial charge >= 0.3 is 0 Å². The Kier molecular flexibility index (Phi) is 6.35. The molecule has 0 radical (unpaired) electrons. The fraction of sp³-hybridized carbons (Fsp3) is 0.409. The molecule has 2 aromatic rings. The molecule has 0 bridgehead atoms. The molecule has 1 aliphatic heterocycles. The number of nitrogens with zero attached hydrogens (tertiary/aromatic N) is 2. The maximum absolute atomic E-state index is 12.9. The molecular formula is C22H28N2O3. The Morgan fingerprint density at radius 3 is 2.59 bits per heavy atom. The zero-order valence-corrected chi connectivity index (χ0v) is 16.4. The lowest BCUT2D eigenvalue weighted by atomic mass is 10.0. The average molecular weight is 368 g/mol. The molecule has 5 heteroatoms. The van der Waals surface area contributed by atoms with Crippen LogP contribution in [0, 0.1) is 0 Å². The SMILES string of the molecule is CCOc1ccc(CN(C)CC(=O)N2CCCc3cc(OC)ccc32)cc1. The molecule has 0 atom stereocenters. The van der Waals surface area contributed by atoms with Crippen molar-refractivity contribution in [2.24, 2.45) is 0 Å². The quantitative estimate of drug-likeness (QED) is 0.750. The van der Waals surface area contributed by atoms with Crippen LogP contribution in [0.2, 0.25) is 0 Å². The lowest BCUT2D eigenvalue weighted by Gasteiger charge is -2.31. The lowest BCUT2D eigenvalue weighted by Crippen LogP contribution is -2.41. The van der Waals surface area contributed by atoms with Gasteiger partial charge in [-0.1, -0.05) is 12.1 Å². The Labute approximate surface area is 161 Å². The number of carbonyl (C=O) groups is 1. The van der Waals surface area contributed by atoms with E-state index in [4.69, 9.17) is 9.47 Å². The maximum atomic E-state index is 12.9. The molecule has 0 saturated carbocycles. The third kappa shape index (κ3) is 4.80. The van der Waals surface area contributed by atoms with Gasteiger partial charge in [-0.05, 0) is 68.3 Å². The van der Waals surface area contributed by atoms with Gasteiger partial charge in [-0.15, -0.1) is 0 Å². The molecule has 0 aromatic heterocycles. The molecule has 144 valence electrons. The molecule has 1 heterocycles. The normalized spacial score (nSPS) is 13.4. The summed E-state index contributed by atoms with van der Waals surface area (Å²) in [7, 11) is 3.65. The van der Waals surface area contributed by atoms with E-state index in [0.717, 1.165) is 48.7 Å². The minimum Gasteiger partial charge on any atom is -0.497 e. The van der Waals surface area contributed by atoms with Gasteiger partial charge in [0.15, 0.2) is 0 Å². The lowest BCUT2D eigenvalue weighted by molar-refractivity contribution is -0.119. The van der Waals surface area contributed by atoms with Crippen molar-refractivity contribution in [3.8, 4) is 11.5 Å². The monoisotopic (exact) mass is 368 g/mol. The third-order valence-corrected chi connectivity index (χ3v) is 4.80. The molecule has 1 amide bonds. The smallest absolute Gasteiger partial charge is 0.241 e. The summed E-state index contributed by atoms with van der Waals surface area (Å²) in [5.74, 6) is 1.85. The van der Waals surface area contributed by atoms with Crippen LogP contribution in [0.25, 0.3) is 0 Å². The molecule has 0 spiro atoms. The van der Waals surface area contributed by atoms with Crippen molar-refractivity contribution >= 4 is 11.6 Å². The van der Waals surface area contributed by atoms with E-state index in [1.165, 1.54) is 5.56 Å². The number of aryl methyl sites for hydroxylation is 1. The summed E-state index contributed by atoms with van der Waals surface area (Å²) in [6.07, 6.45) is 1.97. The second-order valence-corrected chi connectivity index (χ2v) is 6.89. The Hall–Kier alpha value is -2.53. The highest BCUT2D eigenvalue weighted by Crippen LogP contribution is 2.30. The first kappa shape index (κ1) is 19.2. The number of rotatable bonds is 7. The second kappa shape index (κ2) is 8.91. The Balaban J connectivity index is 1.62. The van der Waals surface area contributed by atoms with Crippen molar-refractivity contribution in [3.05, 3.63) is 53.6 Å². The van der Waals surface area contributed by atoms with Gasteiger partial charge in [0.05, 0.1) is 20.3 Å². The van der Waals surface area contributed by atoms with Crippen molar-refractivity contribution in [1.82, 2.24) is 4.90 Å². The minimum absolute atomic E-state index is 0.134. The average Bonchev–Trinajstić information content (AvgIpc) is 2.68. The van der Waals surface area contributed by atoms with Gasteiger partial charge in [-0.3, -0.25) is 9.69 Å². The van der Waals surface area contributed by atoms with E-state index in [1.807, 2.05) is 49.2 Å². The molecule has 0 saturated heterocycles. The van der Waals surface area contributed by atoms with Crippen LogP contribution in [0.5, 0.6) is 11.5 Å². The Morgan fingerprint density at radius 1 is 1.15 bits per heavy atom. The van der Waals surface area contributed by atoms with Crippen molar-refractivity contribution in [1.29, 1.82) is 0 Å². The van der Waals surface area contributed by atoms with Crippen LogP contribution in [0.1, 0.15) is 24.5 Å². The van der Waals surface area contributed by atoms with Gasteiger partial charge in [-0.2, -0.15) is 0 Å². The predicted molar refractivity (Wildman–Crippen MR) is 108 cm³/mol. The van der Waals surface area contributed by atoms with E-state index >= 15 is 0 Å². The summed E-state index contributed by atoms with van der Waals surface area (Å²) in [6, 6.07) is 14.0. The minimum atomic E-state index is 0.134. The van der Waals surface area contributed by atoms with Crippen molar-refractivity contribution < 1.29 is 14.3 Å². The first-order valence-electron chi connectivity index (χ1n) is 9.48. The largest absolute Gasteiger partial charge is 0.497 e. The first-order valence-corrected chi connectivity index (χ1v) is 9.48. The van der Waals surface area contributed by atoms with Crippen molar-refractivity contribution in [2.45, 2.75) is 26.3 Å². The number of carbonyl (C=O) groups excluding carboxylic acids is 1. The molecule has 2 aromatic carbocycles. The van der Waals surface area contributed by atoms with Gasteiger partial charge < -0.3 is 14.4 Å². The maximum Gasteiger partial charge on any atom is 0.241 e. The molecule has 27 heavy (non-hydrogen) atoms. The highest BCUT2D eigenvalue weighted by molar-refractivity contribution is 5.96. The summed E-state index contributed by atoms with van der Waals surface area (Å²) >= 11 is 0. The van der Waals surface area contributed by atoms with E-state index < -0.39 is 0 Å². The predicted octanol–water partition coefficient (Wildman–Crippen LogP) is 3.51. The zero-order chi connectivity index (χ0) is 19.2. The number of ether oxygens (including phenoxy) is 2. The highest BCUT2D eigenvalue weighted by atomic mass is 16.5. The number of methoxy groups -OCH3 is 1. The van der Waals surface area contributed by atoms with E-state index in [1.54, 1.807) is 7.11 Å². The van der Waals surface area contributed by atoms with Gasteiger partial charge in [0.2, 0.25) is 5.91 Å². The number of hydrogen-bond donors (Lipinski definition) is 0. The van der Waals surface area contributed by atoms with Crippen LogP contribution in [0.15, 0.2) is 42.5 Å². The summed E-state index contributed by atoms with van der Waals surface area (Å²) in [6.45, 7) is 4.52. The molecule has 3 rings (SSSR count). The standard InChI is InChI=1S/C22H28N2O3/c1-4-27-19-9-7-17(8-10-19)15-23(2)16-22(25)24-13-5-6-18-14-20(26-3)11-12-21(18)24/h7-12,14H,4-6,13,15-16H2,1-3H3. The summed E-state index contributed by atoms with van der Waals surface area (Å²) in [4.78, 5) is 16.8. The highest BCUT2D eigenvalue weighted by Gasteiger charge is 2.23. The van der Waals surface area contributed by atoms with Crippen molar-refractivity contribution in [3.63, 3.8) is 0 Å². The van der Waals surface area contributed by atoms with Gasteiger partial charge in [0.25, 0.3) is 0 Å². The van der Waals surface area contributed by atoms with Gasteiger partial charge in [-0.25, -0.2) is 0 Å². The molecular weight excluding hydrogens is 340 g/mol. The molecule has 0 fully saturated rings. The van der Waals surface area contributed by atoms with E-state index in [2.05, 4.69) is 17.0 Å². The fourth-order valence-electron chi connectivity index (χ4n) is 3.50. The van der Waals surface area contributed by atoms with Crippen LogP contribution in [-0.4, -0.2) is 44.7 Å². The van der Waals surface area contributed by atoms with Crippen molar-refractivity contribution in [2.75, 3.05) is 38.8 Å². The molecule has 0 N–H and O–H groups in total. The van der Waals surface area contributed by atoms with E-state index in [9.17, 15) is 4.79 Å². The second-order valence-electron chi connectivity index (χ2n) is 6.89. The van der Waals surface area contributed by atoms with Crippen LogP contribution in [0.4, 0.5) is 5.69 Å². The molecule has 0 unspecified atom stereocenters. The number of likely N-dealkylation sites (N-methyl/N-ethyl adjacent to an activating group) is 1. The topological polar surface area (TPSA) is 42.0 Å². The van der Waals surface area contributed by atoms with Crippen LogP contribution in [0.3, 0.4) is 0 Å². The van der Waals surface area contributed by atoms with E-state index in [-0.39, 0.29) is 5.91 Å². The van der Waals surface area contributed by atoms with Gasteiger partial charge in [0.1, 0.15) is 11.5 Å². The first-order chi connectivity index (χ1) is 13.1. The fourth-order valence-corrected chi connectivity index (χ4v) is 3.50. The van der Waals surface area contributed by atoms with Crippen LogP contribution in [-0.2, 0) is 17.8 Å². The van der Waals surface area contributed by atoms with E-state index in [0.29, 0.717) is 13.2 Å². The number of anilines is 1. The third-order valence-electron chi connectivity index (χ3n) is 4.80.